The predicted octanol–water partition coefficient (Wildman–Crippen LogP) is 3.98. The monoisotopic (exact) mass is 271 g/mol. The Balaban J connectivity index is 1.90. The van der Waals surface area contributed by atoms with Gasteiger partial charge in [-0.2, -0.15) is 9.36 Å². The highest BCUT2D eigenvalue weighted by Crippen LogP contribution is 2.23. The van der Waals surface area contributed by atoms with Crippen molar-refractivity contribution in [3.8, 4) is 23.0 Å². The van der Waals surface area contributed by atoms with E-state index < -0.39 is 0 Å². The van der Waals surface area contributed by atoms with Crippen molar-refractivity contribution < 1.29 is 4.52 Å². The van der Waals surface area contributed by atoms with Gasteiger partial charge in [0, 0.05) is 10.9 Å². The zero-order valence-corrected chi connectivity index (χ0v) is 11.5. The molecule has 1 aromatic carbocycles. The molecule has 0 bridgehead atoms. The van der Waals surface area contributed by atoms with Gasteiger partial charge >= 0.3 is 0 Å². The third kappa shape index (κ3) is 2.42. The Labute approximate surface area is 115 Å². The van der Waals surface area contributed by atoms with Crippen molar-refractivity contribution in [3.63, 3.8) is 0 Å². The van der Waals surface area contributed by atoms with Crippen LogP contribution in [0.5, 0.6) is 0 Å². The van der Waals surface area contributed by atoms with E-state index in [4.69, 9.17) is 4.52 Å². The van der Waals surface area contributed by atoms with Gasteiger partial charge in [0.25, 0.3) is 5.89 Å². The van der Waals surface area contributed by atoms with Crippen molar-refractivity contribution in [2.75, 3.05) is 0 Å². The minimum atomic E-state index is 0.462. The van der Waals surface area contributed by atoms with Gasteiger partial charge < -0.3 is 4.52 Å². The second kappa shape index (κ2) is 4.93. The number of hydrogen-bond donors (Lipinski definition) is 0. The highest BCUT2D eigenvalue weighted by molar-refractivity contribution is 7.03. The van der Waals surface area contributed by atoms with E-state index in [0.29, 0.717) is 17.6 Å². The maximum Gasteiger partial charge on any atom is 0.277 e. The normalized spacial score (nSPS) is 11.1. The summed E-state index contributed by atoms with van der Waals surface area (Å²) in [6, 6.07) is 10.1. The Bertz CT molecular complexity index is 656. The maximum atomic E-state index is 5.22. The zero-order chi connectivity index (χ0) is 13.2. The van der Waals surface area contributed by atoms with E-state index in [0.717, 1.165) is 11.3 Å². The molecular formula is C14H13N3OS. The van der Waals surface area contributed by atoms with Crippen LogP contribution in [0.1, 0.15) is 25.3 Å². The predicted molar refractivity (Wildman–Crippen MR) is 74.9 cm³/mol. The quantitative estimate of drug-likeness (QED) is 0.723. The SMILES string of the molecule is CC(C)c1ccc(-c2noc(-c3ccsn3)n2)cc1. The molecule has 3 aromatic rings. The Morgan fingerprint density at radius 2 is 1.89 bits per heavy atom. The largest absolute Gasteiger partial charge is 0.332 e. The number of rotatable bonds is 3. The molecule has 4 nitrogen and oxygen atoms in total. The fraction of sp³-hybridized carbons (Fsp3) is 0.214. The first-order chi connectivity index (χ1) is 9.24. The van der Waals surface area contributed by atoms with E-state index in [-0.39, 0.29) is 0 Å². The minimum absolute atomic E-state index is 0.462. The van der Waals surface area contributed by atoms with Crippen LogP contribution < -0.4 is 0 Å². The van der Waals surface area contributed by atoms with Crippen LogP contribution in [0.3, 0.4) is 0 Å². The van der Waals surface area contributed by atoms with Gasteiger partial charge in [-0.05, 0) is 29.1 Å². The minimum Gasteiger partial charge on any atom is -0.332 e. The molecule has 0 radical (unpaired) electrons. The molecule has 0 fully saturated rings. The lowest BCUT2D eigenvalue weighted by molar-refractivity contribution is 0.431. The first kappa shape index (κ1) is 12.0. The van der Waals surface area contributed by atoms with Crippen LogP contribution in [0.2, 0.25) is 0 Å². The van der Waals surface area contributed by atoms with Gasteiger partial charge in [0.2, 0.25) is 5.82 Å². The lowest BCUT2D eigenvalue weighted by Gasteiger charge is -2.04. The average Bonchev–Trinajstić information content (AvgIpc) is 3.10. The lowest BCUT2D eigenvalue weighted by Crippen LogP contribution is -1.87. The summed E-state index contributed by atoms with van der Waals surface area (Å²) in [5.74, 6) is 1.58. The molecule has 0 saturated carbocycles. The Hall–Kier alpha value is -2.01. The molecular weight excluding hydrogens is 258 g/mol. The van der Waals surface area contributed by atoms with Crippen LogP contribution in [0.4, 0.5) is 0 Å². The van der Waals surface area contributed by atoms with Crippen molar-refractivity contribution in [1.82, 2.24) is 14.5 Å². The number of nitrogens with zero attached hydrogens (tertiary/aromatic N) is 3. The molecule has 3 rings (SSSR count). The molecule has 0 atom stereocenters. The second-order valence-corrected chi connectivity index (χ2v) is 5.25. The molecule has 0 unspecified atom stereocenters. The standard InChI is InChI=1S/C14H13N3OS/c1-9(2)10-3-5-11(6-4-10)13-15-14(18-16-13)12-7-8-19-17-12/h3-9H,1-2H3. The summed E-state index contributed by atoms with van der Waals surface area (Å²) in [5.41, 5.74) is 2.98. The van der Waals surface area contributed by atoms with Crippen LogP contribution >= 0.6 is 11.5 Å². The van der Waals surface area contributed by atoms with Crippen molar-refractivity contribution >= 4 is 11.5 Å². The molecule has 19 heavy (non-hydrogen) atoms. The Morgan fingerprint density at radius 1 is 1.11 bits per heavy atom. The van der Waals surface area contributed by atoms with Crippen molar-refractivity contribution in [2.24, 2.45) is 0 Å². The topological polar surface area (TPSA) is 51.8 Å². The molecule has 0 N–H and O–H groups in total. The Kier molecular flexibility index (Phi) is 3.13. The molecule has 0 aliphatic heterocycles. The van der Waals surface area contributed by atoms with Crippen LogP contribution in [0.25, 0.3) is 23.0 Å². The molecule has 2 aromatic heterocycles. The van der Waals surface area contributed by atoms with Crippen molar-refractivity contribution in [2.45, 2.75) is 19.8 Å². The summed E-state index contributed by atoms with van der Waals surface area (Å²) in [6.45, 7) is 4.34. The van der Waals surface area contributed by atoms with Crippen LogP contribution in [0.15, 0.2) is 40.2 Å². The highest BCUT2D eigenvalue weighted by atomic mass is 32.1. The van der Waals surface area contributed by atoms with Gasteiger partial charge in [-0.3, -0.25) is 0 Å². The summed E-state index contributed by atoms with van der Waals surface area (Å²) < 4.78 is 9.40. The highest BCUT2D eigenvalue weighted by Gasteiger charge is 2.12. The van der Waals surface area contributed by atoms with Gasteiger partial charge in [0.15, 0.2) is 0 Å². The zero-order valence-electron chi connectivity index (χ0n) is 10.7. The van der Waals surface area contributed by atoms with Crippen LogP contribution in [0, 0.1) is 0 Å². The van der Waals surface area contributed by atoms with Gasteiger partial charge in [-0.15, -0.1) is 0 Å². The fourth-order valence-electron chi connectivity index (χ4n) is 1.78. The smallest absolute Gasteiger partial charge is 0.277 e. The third-order valence-electron chi connectivity index (χ3n) is 2.92. The van der Waals surface area contributed by atoms with Crippen molar-refractivity contribution in [1.29, 1.82) is 0 Å². The average molecular weight is 271 g/mol. The Morgan fingerprint density at radius 3 is 2.53 bits per heavy atom. The summed E-state index contributed by atoms with van der Waals surface area (Å²) >= 11 is 1.37. The fourth-order valence-corrected chi connectivity index (χ4v) is 2.29. The molecule has 5 heteroatoms. The first-order valence-electron chi connectivity index (χ1n) is 6.09. The van der Waals surface area contributed by atoms with Gasteiger partial charge in [0.05, 0.1) is 0 Å². The van der Waals surface area contributed by atoms with Crippen LogP contribution in [-0.2, 0) is 0 Å². The first-order valence-corrected chi connectivity index (χ1v) is 6.92. The van der Waals surface area contributed by atoms with E-state index in [1.54, 1.807) is 0 Å². The van der Waals surface area contributed by atoms with E-state index in [2.05, 4.69) is 40.5 Å². The lowest BCUT2D eigenvalue weighted by atomic mass is 10.0. The van der Waals surface area contributed by atoms with Crippen LogP contribution in [-0.4, -0.2) is 14.5 Å². The van der Waals surface area contributed by atoms with E-state index in [1.165, 1.54) is 17.1 Å². The van der Waals surface area contributed by atoms with Gasteiger partial charge in [0.1, 0.15) is 5.69 Å². The summed E-state index contributed by atoms with van der Waals surface area (Å²) in [6.07, 6.45) is 0. The number of benzene rings is 1. The third-order valence-corrected chi connectivity index (χ3v) is 3.48. The molecule has 96 valence electrons. The van der Waals surface area contributed by atoms with Gasteiger partial charge in [-0.1, -0.05) is 43.3 Å². The maximum absolute atomic E-state index is 5.22. The molecule has 0 saturated heterocycles. The summed E-state index contributed by atoms with van der Waals surface area (Å²) in [7, 11) is 0. The van der Waals surface area contributed by atoms with E-state index in [9.17, 15) is 0 Å². The number of aromatic nitrogens is 3. The van der Waals surface area contributed by atoms with E-state index in [1.807, 2.05) is 23.6 Å². The van der Waals surface area contributed by atoms with Gasteiger partial charge in [-0.25, -0.2) is 0 Å². The van der Waals surface area contributed by atoms with E-state index >= 15 is 0 Å². The molecule has 0 aliphatic carbocycles. The van der Waals surface area contributed by atoms with Crippen molar-refractivity contribution in [3.05, 3.63) is 41.3 Å². The number of hydrogen-bond acceptors (Lipinski definition) is 5. The summed E-state index contributed by atoms with van der Waals surface area (Å²) in [5, 5.41) is 5.88. The summed E-state index contributed by atoms with van der Waals surface area (Å²) in [4.78, 5) is 4.36. The molecule has 0 aliphatic rings. The molecule has 0 spiro atoms. The second-order valence-electron chi connectivity index (χ2n) is 4.58. The molecule has 0 amide bonds. The molecule has 2 heterocycles.